The molecule has 148 valence electrons. The zero-order valence-electron chi connectivity index (χ0n) is 15.3. The maximum Gasteiger partial charge on any atom is 0.418 e. The average Bonchev–Trinajstić information content (AvgIpc) is 2.72. The van der Waals surface area contributed by atoms with E-state index in [0.29, 0.717) is 31.3 Å². The van der Waals surface area contributed by atoms with E-state index in [-0.39, 0.29) is 0 Å². The Kier molecular flexibility index (Phi) is 5.13. The summed E-state index contributed by atoms with van der Waals surface area (Å²) in [7, 11) is 0. The number of carbonyl (C=O) groups excluding carboxylic acids is 2. The molecule has 1 aliphatic rings. The summed E-state index contributed by atoms with van der Waals surface area (Å²) in [6, 6.07) is 7.47. The molecule has 9 nitrogen and oxygen atoms in total. The number of rotatable bonds is 2. The molecular formula is C19H17ClN6O3. The van der Waals surface area contributed by atoms with Crippen LogP contribution in [-0.2, 0) is 4.74 Å². The van der Waals surface area contributed by atoms with Gasteiger partial charge in [-0.05, 0) is 24.3 Å². The van der Waals surface area contributed by atoms with Crippen LogP contribution < -0.4 is 10.6 Å². The zero-order valence-corrected chi connectivity index (χ0v) is 16.0. The van der Waals surface area contributed by atoms with Crippen molar-refractivity contribution in [3.63, 3.8) is 0 Å². The van der Waals surface area contributed by atoms with Crippen LogP contribution in [0.1, 0.15) is 0 Å². The van der Waals surface area contributed by atoms with E-state index in [9.17, 15) is 9.59 Å². The van der Waals surface area contributed by atoms with Gasteiger partial charge in [-0.3, -0.25) is 4.98 Å². The van der Waals surface area contributed by atoms with Gasteiger partial charge in [0.25, 0.3) is 0 Å². The van der Waals surface area contributed by atoms with E-state index in [4.69, 9.17) is 22.3 Å². The number of aromatic nitrogens is 3. The molecule has 1 fully saturated rings. The number of ether oxygens (including phenoxy) is 1. The largest absolute Gasteiger partial charge is 0.418 e. The average molecular weight is 413 g/mol. The predicted molar refractivity (Wildman–Crippen MR) is 108 cm³/mol. The minimum Gasteiger partial charge on any atom is -0.359 e. The quantitative estimate of drug-likeness (QED) is 0.508. The minimum atomic E-state index is -1.11. The Morgan fingerprint density at radius 2 is 1.90 bits per heavy atom. The highest BCUT2D eigenvalue weighted by Gasteiger charge is 2.25. The number of amides is 2. The molecule has 3 aromatic rings. The Morgan fingerprint density at radius 3 is 2.62 bits per heavy atom. The summed E-state index contributed by atoms with van der Waals surface area (Å²) in [5, 5.41) is 2.28. The molecule has 1 saturated heterocycles. The number of carbonyl (C=O) groups is 2. The predicted octanol–water partition coefficient (Wildman–Crippen LogP) is 2.68. The molecule has 1 aliphatic heterocycles. The van der Waals surface area contributed by atoms with Crippen molar-refractivity contribution in [2.45, 2.75) is 0 Å². The van der Waals surface area contributed by atoms with Gasteiger partial charge in [-0.1, -0.05) is 11.6 Å². The fourth-order valence-electron chi connectivity index (χ4n) is 3.28. The van der Waals surface area contributed by atoms with Gasteiger partial charge in [-0.25, -0.2) is 19.6 Å². The lowest BCUT2D eigenvalue weighted by Gasteiger charge is -2.35. The first kappa shape index (κ1) is 18.9. The lowest BCUT2D eigenvalue weighted by Crippen LogP contribution is -2.49. The van der Waals surface area contributed by atoms with Crippen LogP contribution in [-0.4, -0.2) is 58.2 Å². The van der Waals surface area contributed by atoms with Crippen molar-refractivity contribution in [2.24, 2.45) is 5.73 Å². The van der Waals surface area contributed by atoms with Gasteiger partial charge < -0.3 is 20.3 Å². The Balaban J connectivity index is 1.65. The molecule has 10 heteroatoms. The van der Waals surface area contributed by atoms with Crippen molar-refractivity contribution >= 4 is 40.4 Å². The number of piperazine rings is 1. The zero-order chi connectivity index (χ0) is 20.4. The summed E-state index contributed by atoms with van der Waals surface area (Å²) < 4.78 is 4.45. The number of pyridine rings is 3. The highest BCUT2D eigenvalue weighted by atomic mass is 35.5. The summed E-state index contributed by atoms with van der Waals surface area (Å²) in [5.41, 5.74) is 6.51. The Hall–Kier alpha value is -3.46. The molecule has 2 amide bonds. The second-order valence-corrected chi connectivity index (χ2v) is 6.84. The molecule has 0 radical (unpaired) electrons. The number of hydrogen-bond acceptors (Lipinski definition) is 7. The number of halogens is 1. The first-order valence-corrected chi connectivity index (χ1v) is 9.27. The first-order chi connectivity index (χ1) is 14.0. The molecular weight excluding hydrogens is 396 g/mol. The van der Waals surface area contributed by atoms with Gasteiger partial charge in [0.05, 0.1) is 5.69 Å². The second-order valence-electron chi connectivity index (χ2n) is 6.46. The standard InChI is InChI=1S/C19H17ClN6O3/c20-16-10-12(1-4-23-16)15-9-13-11-22-3-2-14(13)17(24-15)25-5-7-26(8-6-25)19(28)29-18(21)27/h1-4,9-11H,5-8H2,(H2,21,27). The van der Waals surface area contributed by atoms with Crippen LogP contribution in [0, 0.1) is 0 Å². The molecule has 3 aromatic heterocycles. The third-order valence-electron chi connectivity index (χ3n) is 4.66. The lowest BCUT2D eigenvalue weighted by atomic mass is 10.1. The molecule has 4 rings (SSSR count). The van der Waals surface area contributed by atoms with Crippen molar-refractivity contribution in [1.29, 1.82) is 0 Å². The monoisotopic (exact) mass is 412 g/mol. The van der Waals surface area contributed by atoms with E-state index in [0.717, 1.165) is 27.8 Å². The number of hydrogen-bond donors (Lipinski definition) is 1. The number of primary amides is 1. The van der Waals surface area contributed by atoms with Crippen LogP contribution in [0.3, 0.4) is 0 Å². The highest BCUT2D eigenvalue weighted by molar-refractivity contribution is 6.29. The van der Waals surface area contributed by atoms with Crippen LogP contribution in [0.15, 0.2) is 42.9 Å². The van der Waals surface area contributed by atoms with Gasteiger partial charge in [0.1, 0.15) is 11.0 Å². The van der Waals surface area contributed by atoms with Gasteiger partial charge in [0.2, 0.25) is 0 Å². The maximum absolute atomic E-state index is 11.9. The fourth-order valence-corrected chi connectivity index (χ4v) is 3.46. The Morgan fingerprint density at radius 1 is 1.10 bits per heavy atom. The molecule has 0 unspecified atom stereocenters. The number of anilines is 1. The Labute approximate surface area is 171 Å². The van der Waals surface area contributed by atoms with E-state index >= 15 is 0 Å². The first-order valence-electron chi connectivity index (χ1n) is 8.89. The lowest BCUT2D eigenvalue weighted by molar-refractivity contribution is 0.120. The molecule has 2 N–H and O–H groups in total. The van der Waals surface area contributed by atoms with Crippen LogP contribution >= 0.6 is 11.6 Å². The van der Waals surface area contributed by atoms with Crippen LogP contribution in [0.2, 0.25) is 5.15 Å². The highest BCUT2D eigenvalue weighted by Crippen LogP contribution is 2.30. The summed E-state index contributed by atoms with van der Waals surface area (Å²) in [6.07, 6.45) is 3.29. The molecule has 0 saturated carbocycles. The Bertz CT molecular complexity index is 1080. The van der Waals surface area contributed by atoms with Crippen molar-refractivity contribution < 1.29 is 14.3 Å². The molecule has 0 bridgehead atoms. The third-order valence-corrected chi connectivity index (χ3v) is 4.87. The fraction of sp³-hybridized carbons (Fsp3) is 0.211. The summed E-state index contributed by atoms with van der Waals surface area (Å²) in [4.78, 5) is 39.3. The van der Waals surface area contributed by atoms with Gasteiger partial charge >= 0.3 is 12.2 Å². The minimum absolute atomic E-state index is 0.381. The topological polar surface area (TPSA) is 115 Å². The van der Waals surface area contributed by atoms with E-state index in [1.807, 2.05) is 18.2 Å². The van der Waals surface area contributed by atoms with E-state index in [2.05, 4.69) is 19.6 Å². The summed E-state index contributed by atoms with van der Waals surface area (Å²) in [5.74, 6) is 0.788. The molecule has 29 heavy (non-hydrogen) atoms. The number of nitrogens with zero attached hydrogens (tertiary/aromatic N) is 5. The van der Waals surface area contributed by atoms with E-state index in [1.54, 1.807) is 24.7 Å². The summed E-state index contributed by atoms with van der Waals surface area (Å²) in [6.45, 7) is 1.81. The van der Waals surface area contributed by atoms with Crippen molar-refractivity contribution in [3.8, 4) is 11.3 Å². The van der Waals surface area contributed by atoms with Gasteiger partial charge in [-0.15, -0.1) is 0 Å². The SMILES string of the molecule is NC(=O)OC(=O)N1CCN(c2nc(-c3ccnc(Cl)c3)cc3cnccc23)CC1. The molecule has 0 spiro atoms. The number of fused-ring (bicyclic) bond motifs is 1. The number of nitrogens with two attached hydrogens (primary N) is 1. The van der Waals surface area contributed by atoms with Crippen molar-refractivity contribution in [3.05, 3.63) is 48.0 Å². The smallest absolute Gasteiger partial charge is 0.359 e. The molecule has 0 aromatic carbocycles. The molecule has 0 atom stereocenters. The molecule has 0 aliphatic carbocycles. The van der Waals surface area contributed by atoms with Crippen molar-refractivity contribution in [2.75, 3.05) is 31.1 Å². The van der Waals surface area contributed by atoms with Crippen LogP contribution in [0.4, 0.5) is 15.4 Å². The third kappa shape index (κ3) is 4.04. The normalized spacial score (nSPS) is 14.1. The summed E-state index contributed by atoms with van der Waals surface area (Å²) >= 11 is 6.04. The van der Waals surface area contributed by atoms with E-state index in [1.165, 1.54) is 4.90 Å². The maximum atomic E-state index is 11.9. The van der Waals surface area contributed by atoms with Crippen LogP contribution in [0.5, 0.6) is 0 Å². The second kappa shape index (κ2) is 7.88. The molecule has 4 heterocycles. The van der Waals surface area contributed by atoms with Gasteiger partial charge in [0, 0.05) is 61.1 Å². The van der Waals surface area contributed by atoms with Gasteiger partial charge in [0.15, 0.2) is 0 Å². The van der Waals surface area contributed by atoms with E-state index < -0.39 is 12.2 Å². The van der Waals surface area contributed by atoms with Gasteiger partial charge in [-0.2, -0.15) is 0 Å². The van der Waals surface area contributed by atoms with Crippen LogP contribution in [0.25, 0.3) is 22.0 Å². The van der Waals surface area contributed by atoms with Crippen molar-refractivity contribution in [1.82, 2.24) is 19.9 Å².